The van der Waals surface area contributed by atoms with Crippen molar-refractivity contribution in [2.24, 2.45) is 17.8 Å². The summed E-state index contributed by atoms with van der Waals surface area (Å²) in [5.74, 6) is 4.29. The van der Waals surface area contributed by atoms with Crippen molar-refractivity contribution in [3.63, 3.8) is 0 Å². The first-order valence-electron chi connectivity index (χ1n) is 8.64. The van der Waals surface area contributed by atoms with Crippen LogP contribution in [0.15, 0.2) is 0 Å². The minimum absolute atomic E-state index is 0.0406. The molecular formula is C17H29NO2S. The first kappa shape index (κ1) is 15.8. The van der Waals surface area contributed by atoms with E-state index in [9.17, 15) is 4.79 Å². The lowest BCUT2D eigenvalue weighted by atomic mass is 9.78. The molecule has 0 saturated carbocycles. The molecular weight excluding hydrogens is 282 g/mol. The van der Waals surface area contributed by atoms with Crippen molar-refractivity contribution in [3.8, 4) is 0 Å². The van der Waals surface area contributed by atoms with Crippen molar-refractivity contribution in [2.45, 2.75) is 51.0 Å². The number of carbonyl (C=O) groups excluding carboxylic acids is 1. The lowest BCUT2D eigenvalue weighted by Crippen LogP contribution is -2.42. The molecule has 1 N–H and O–H groups in total. The summed E-state index contributed by atoms with van der Waals surface area (Å²) in [6, 6.07) is 0. The van der Waals surface area contributed by atoms with Gasteiger partial charge in [0.25, 0.3) is 0 Å². The van der Waals surface area contributed by atoms with Crippen LogP contribution in [0.2, 0.25) is 0 Å². The maximum absolute atomic E-state index is 12.7. The smallest absolute Gasteiger partial charge is 0.136 e. The van der Waals surface area contributed by atoms with Gasteiger partial charge in [0.1, 0.15) is 5.78 Å². The van der Waals surface area contributed by atoms with Crippen LogP contribution in [0, 0.1) is 17.8 Å². The number of piperidine rings is 1. The number of hydrogen-bond acceptors (Lipinski definition) is 4. The average molecular weight is 311 g/mol. The molecule has 3 heterocycles. The number of ketones is 1. The van der Waals surface area contributed by atoms with Crippen molar-refractivity contribution in [1.29, 1.82) is 0 Å². The molecule has 21 heavy (non-hydrogen) atoms. The first-order valence-corrected chi connectivity index (χ1v) is 9.79. The molecule has 0 aromatic rings. The lowest BCUT2D eigenvalue weighted by Gasteiger charge is -2.38. The van der Waals surface area contributed by atoms with Crippen molar-refractivity contribution in [3.05, 3.63) is 0 Å². The highest BCUT2D eigenvalue weighted by atomic mass is 32.2. The fourth-order valence-electron chi connectivity index (χ4n) is 4.18. The van der Waals surface area contributed by atoms with Gasteiger partial charge in [-0.25, -0.2) is 0 Å². The molecule has 3 aliphatic heterocycles. The van der Waals surface area contributed by atoms with E-state index in [1.165, 1.54) is 18.6 Å². The molecule has 0 radical (unpaired) electrons. The molecule has 0 aromatic carbocycles. The van der Waals surface area contributed by atoms with E-state index in [2.05, 4.69) is 12.2 Å². The number of Topliss-reactive ketones (excluding diaryl/α,β-unsaturated/α-hetero) is 1. The normalized spacial score (nSPS) is 38.5. The molecule has 3 nitrogen and oxygen atoms in total. The van der Waals surface area contributed by atoms with Crippen LogP contribution in [0.4, 0.5) is 0 Å². The highest BCUT2D eigenvalue weighted by Gasteiger charge is 2.42. The Kier molecular flexibility index (Phi) is 5.28. The van der Waals surface area contributed by atoms with E-state index >= 15 is 0 Å². The summed E-state index contributed by atoms with van der Waals surface area (Å²) >= 11 is 1.99. The van der Waals surface area contributed by atoms with Crippen LogP contribution in [0.3, 0.4) is 0 Å². The van der Waals surface area contributed by atoms with Crippen molar-refractivity contribution in [1.82, 2.24) is 5.32 Å². The standard InChI is InChI=1S/C17H29NO2S/c1-13(15-3-2-6-18-11-15)9-16(19)14-4-7-20-17(10-14)5-8-21-12-17/h13-15,18H,2-12H2,1H3. The Morgan fingerprint density at radius 2 is 2.38 bits per heavy atom. The third kappa shape index (κ3) is 3.83. The fourth-order valence-corrected chi connectivity index (χ4v) is 5.56. The van der Waals surface area contributed by atoms with E-state index in [1.807, 2.05) is 11.8 Å². The monoisotopic (exact) mass is 311 g/mol. The zero-order valence-corrected chi connectivity index (χ0v) is 14.1. The zero-order chi connectivity index (χ0) is 14.7. The number of nitrogens with one attached hydrogen (secondary N) is 1. The summed E-state index contributed by atoms with van der Waals surface area (Å²) < 4.78 is 6.05. The summed E-state index contributed by atoms with van der Waals surface area (Å²) in [6.45, 7) is 5.31. The minimum Gasteiger partial charge on any atom is -0.374 e. The Morgan fingerprint density at radius 3 is 3.10 bits per heavy atom. The molecule has 0 aromatic heterocycles. The predicted octanol–water partition coefficient (Wildman–Crippen LogP) is 2.88. The summed E-state index contributed by atoms with van der Waals surface area (Å²) in [4.78, 5) is 12.7. The second-order valence-electron chi connectivity index (χ2n) is 7.28. The van der Waals surface area contributed by atoms with E-state index in [0.717, 1.165) is 51.1 Å². The average Bonchev–Trinajstić information content (AvgIpc) is 2.96. The maximum Gasteiger partial charge on any atom is 0.136 e. The Morgan fingerprint density at radius 1 is 1.48 bits per heavy atom. The quantitative estimate of drug-likeness (QED) is 0.866. The van der Waals surface area contributed by atoms with Gasteiger partial charge < -0.3 is 10.1 Å². The third-order valence-corrected chi connectivity index (χ3v) is 6.90. The highest BCUT2D eigenvalue weighted by Crippen LogP contribution is 2.41. The van der Waals surface area contributed by atoms with Crippen LogP contribution in [0.1, 0.15) is 45.4 Å². The number of hydrogen-bond donors (Lipinski definition) is 1. The molecule has 120 valence electrons. The Balaban J connectivity index is 1.52. The van der Waals surface area contributed by atoms with Crippen molar-refractivity contribution < 1.29 is 9.53 Å². The van der Waals surface area contributed by atoms with Gasteiger partial charge in [-0.15, -0.1) is 0 Å². The van der Waals surface area contributed by atoms with Crippen LogP contribution < -0.4 is 5.32 Å². The molecule has 0 bridgehead atoms. The largest absolute Gasteiger partial charge is 0.374 e. The van der Waals surface area contributed by atoms with Crippen LogP contribution in [0.5, 0.6) is 0 Å². The fraction of sp³-hybridized carbons (Fsp3) is 0.941. The Bertz CT molecular complexity index is 362. The highest BCUT2D eigenvalue weighted by molar-refractivity contribution is 7.99. The Hall–Kier alpha value is -0.0600. The third-order valence-electron chi connectivity index (χ3n) is 5.68. The van der Waals surface area contributed by atoms with Gasteiger partial charge >= 0.3 is 0 Å². The SMILES string of the molecule is CC(CC(=O)C1CCOC2(CCSC2)C1)C1CCCNC1. The number of thioether (sulfide) groups is 1. The van der Waals surface area contributed by atoms with Crippen LogP contribution in [0.25, 0.3) is 0 Å². The second-order valence-corrected chi connectivity index (χ2v) is 8.38. The lowest BCUT2D eigenvalue weighted by molar-refractivity contribution is -0.135. The summed E-state index contributed by atoms with van der Waals surface area (Å²) in [5.41, 5.74) is 0.0406. The number of rotatable bonds is 4. The summed E-state index contributed by atoms with van der Waals surface area (Å²) in [5, 5.41) is 3.47. The molecule has 3 fully saturated rings. The first-order chi connectivity index (χ1) is 10.2. The molecule has 4 heteroatoms. The molecule has 0 amide bonds. The van der Waals surface area contributed by atoms with Crippen LogP contribution in [-0.4, -0.2) is 42.6 Å². The second kappa shape index (κ2) is 7.01. The molecule has 3 saturated heterocycles. The van der Waals surface area contributed by atoms with Gasteiger partial charge in [-0.05, 0) is 62.8 Å². The van der Waals surface area contributed by atoms with Gasteiger partial charge in [0.05, 0.1) is 5.60 Å². The van der Waals surface area contributed by atoms with E-state index in [1.54, 1.807) is 0 Å². The van der Waals surface area contributed by atoms with Gasteiger partial charge in [0.15, 0.2) is 0 Å². The van der Waals surface area contributed by atoms with Gasteiger partial charge in [-0.3, -0.25) is 4.79 Å². The van der Waals surface area contributed by atoms with Crippen LogP contribution in [-0.2, 0) is 9.53 Å². The van der Waals surface area contributed by atoms with Crippen molar-refractivity contribution >= 4 is 17.5 Å². The molecule has 4 unspecified atom stereocenters. The van der Waals surface area contributed by atoms with Gasteiger partial charge in [-0.2, -0.15) is 11.8 Å². The summed E-state index contributed by atoms with van der Waals surface area (Å²) in [7, 11) is 0. The topological polar surface area (TPSA) is 38.3 Å². The summed E-state index contributed by atoms with van der Waals surface area (Å²) in [6.07, 6.45) is 6.40. The molecule has 3 aliphatic rings. The van der Waals surface area contributed by atoms with E-state index in [-0.39, 0.29) is 11.5 Å². The van der Waals surface area contributed by atoms with E-state index in [0.29, 0.717) is 17.6 Å². The predicted molar refractivity (Wildman–Crippen MR) is 87.7 cm³/mol. The molecule has 0 aliphatic carbocycles. The van der Waals surface area contributed by atoms with Gasteiger partial charge in [-0.1, -0.05) is 6.92 Å². The van der Waals surface area contributed by atoms with Gasteiger partial charge in [0.2, 0.25) is 0 Å². The van der Waals surface area contributed by atoms with E-state index < -0.39 is 0 Å². The van der Waals surface area contributed by atoms with Crippen molar-refractivity contribution in [2.75, 3.05) is 31.2 Å². The maximum atomic E-state index is 12.7. The number of carbonyl (C=O) groups is 1. The zero-order valence-electron chi connectivity index (χ0n) is 13.2. The minimum atomic E-state index is 0.0406. The molecule has 1 spiro atoms. The Labute approximate surface area is 133 Å². The number of ether oxygens (including phenoxy) is 1. The van der Waals surface area contributed by atoms with Gasteiger partial charge in [0, 0.05) is 24.7 Å². The van der Waals surface area contributed by atoms with E-state index in [4.69, 9.17) is 4.74 Å². The molecule has 4 atom stereocenters. The van der Waals surface area contributed by atoms with Crippen LogP contribution >= 0.6 is 11.8 Å². The molecule has 3 rings (SSSR count).